The van der Waals surface area contributed by atoms with E-state index in [-0.39, 0.29) is 23.6 Å². The van der Waals surface area contributed by atoms with E-state index in [0.717, 1.165) is 24.0 Å². The molecule has 1 aliphatic heterocycles. The summed E-state index contributed by atoms with van der Waals surface area (Å²) in [5.41, 5.74) is 2.05. The van der Waals surface area contributed by atoms with Crippen LogP contribution in [0.4, 0.5) is 14.5 Å². The summed E-state index contributed by atoms with van der Waals surface area (Å²) < 4.78 is 26.4. The van der Waals surface area contributed by atoms with Gasteiger partial charge in [0.25, 0.3) is 5.91 Å². The van der Waals surface area contributed by atoms with E-state index in [9.17, 15) is 13.6 Å². The number of hydrogen-bond acceptors (Lipinski definition) is 2. The molecule has 1 saturated heterocycles. The maximum absolute atomic E-state index is 13.3. The van der Waals surface area contributed by atoms with Gasteiger partial charge in [0.15, 0.2) is 0 Å². The molecule has 2 heterocycles. The van der Waals surface area contributed by atoms with Gasteiger partial charge in [-0.1, -0.05) is 0 Å². The van der Waals surface area contributed by atoms with Crippen molar-refractivity contribution in [1.29, 1.82) is 0 Å². The Kier molecular flexibility index (Phi) is 4.32. The van der Waals surface area contributed by atoms with Crippen molar-refractivity contribution in [1.82, 2.24) is 9.88 Å². The fourth-order valence-electron chi connectivity index (χ4n) is 3.45. The number of amides is 1. The molecule has 0 bridgehead atoms. The molecule has 0 unspecified atom stereocenters. The fraction of sp³-hybridized carbons (Fsp3) is 0.250. The van der Waals surface area contributed by atoms with E-state index in [1.165, 1.54) is 24.3 Å². The zero-order valence-electron chi connectivity index (χ0n) is 14.1. The van der Waals surface area contributed by atoms with Gasteiger partial charge >= 0.3 is 0 Å². The summed E-state index contributed by atoms with van der Waals surface area (Å²) in [6, 6.07) is 12.4. The van der Waals surface area contributed by atoms with Gasteiger partial charge in [0.1, 0.15) is 17.3 Å². The average Bonchev–Trinajstić information content (AvgIpc) is 3.06. The minimum atomic E-state index is -0.322. The highest BCUT2D eigenvalue weighted by Crippen LogP contribution is 2.21. The van der Waals surface area contributed by atoms with Gasteiger partial charge in [-0.2, -0.15) is 0 Å². The number of hydrogen-bond donors (Lipinski definition) is 2. The number of carbonyl (C=O) groups excluding carboxylic acids is 1. The Labute approximate surface area is 149 Å². The molecule has 0 aliphatic carbocycles. The van der Waals surface area contributed by atoms with Crippen LogP contribution in [0.2, 0.25) is 0 Å². The number of anilines is 1. The quantitative estimate of drug-likeness (QED) is 0.741. The number of aromatic nitrogens is 1. The second-order valence-electron chi connectivity index (χ2n) is 6.66. The summed E-state index contributed by atoms with van der Waals surface area (Å²) >= 11 is 0. The summed E-state index contributed by atoms with van der Waals surface area (Å²) in [4.78, 5) is 17.7. The monoisotopic (exact) mass is 355 g/mol. The van der Waals surface area contributed by atoms with Crippen molar-refractivity contribution in [3.05, 3.63) is 65.9 Å². The number of aromatic amines is 1. The number of fused-ring (bicyclic) bond motifs is 1. The minimum absolute atomic E-state index is 0.0905. The largest absolute Gasteiger partial charge is 0.381 e. The number of carbonyl (C=O) groups is 1. The number of halogens is 2. The smallest absolute Gasteiger partial charge is 0.270 e. The lowest BCUT2D eigenvalue weighted by Gasteiger charge is -2.33. The lowest BCUT2D eigenvalue weighted by atomic mass is 10.0. The normalized spacial score (nSPS) is 17.5. The zero-order chi connectivity index (χ0) is 18.1. The Morgan fingerprint density at radius 3 is 2.65 bits per heavy atom. The fourth-order valence-corrected chi connectivity index (χ4v) is 3.45. The highest BCUT2D eigenvalue weighted by Gasteiger charge is 2.25. The predicted octanol–water partition coefficient (Wildman–Crippen LogP) is 4.16. The van der Waals surface area contributed by atoms with Gasteiger partial charge in [0.2, 0.25) is 0 Å². The summed E-state index contributed by atoms with van der Waals surface area (Å²) in [6.45, 7) is 1.25. The minimum Gasteiger partial charge on any atom is -0.381 e. The van der Waals surface area contributed by atoms with Crippen LogP contribution >= 0.6 is 0 Å². The molecule has 134 valence electrons. The SMILES string of the molecule is O=C(c1cc2cc(F)ccc2[nH]1)N1CCC[C@@H](Nc2ccc(F)cc2)C1. The zero-order valence-corrected chi connectivity index (χ0v) is 14.1. The van der Waals surface area contributed by atoms with E-state index in [2.05, 4.69) is 10.3 Å². The number of piperidine rings is 1. The summed E-state index contributed by atoms with van der Waals surface area (Å²) in [5.74, 6) is -0.685. The van der Waals surface area contributed by atoms with Crippen molar-refractivity contribution >= 4 is 22.5 Å². The van der Waals surface area contributed by atoms with Crippen LogP contribution in [-0.4, -0.2) is 34.9 Å². The van der Waals surface area contributed by atoms with Crippen molar-refractivity contribution in [2.75, 3.05) is 18.4 Å². The summed E-state index contributed by atoms with van der Waals surface area (Å²) in [6.07, 6.45) is 1.83. The second-order valence-corrected chi connectivity index (χ2v) is 6.66. The molecule has 6 heteroatoms. The third-order valence-electron chi connectivity index (χ3n) is 4.74. The molecule has 4 nitrogen and oxygen atoms in total. The Hall–Kier alpha value is -2.89. The highest BCUT2D eigenvalue weighted by molar-refractivity contribution is 5.98. The molecule has 26 heavy (non-hydrogen) atoms. The molecule has 1 amide bonds. The third-order valence-corrected chi connectivity index (χ3v) is 4.74. The number of likely N-dealkylation sites (tertiary alicyclic amines) is 1. The van der Waals surface area contributed by atoms with Gasteiger partial charge in [-0.15, -0.1) is 0 Å². The molecule has 1 fully saturated rings. The van der Waals surface area contributed by atoms with Crippen LogP contribution in [0.15, 0.2) is 48.5 Å². The van der Waals surface area contributed by atoms with Gasteiger partial charge in [-0.05, 0) is 61.4 Å². The Morgan fingerprint density at radius 2 is 1.85 bits per heavy atom. The maximum atomic E-state index is 13.3. The van der Waals surface area contributed by atoms with Gasteiger partial charge < -0.3 is 15.2 Å². The van der Waals surface area contributed by atoms with Crippen molar-refractivity contribution in [3.8, 4) is 0 Å². The molecule has 2 aromatic carbocycles. The van der Waals surface area contributed by atoms with E-state index in [4.69, 9.17) is 0 Å². The van der Waals surface area contributed by atoms with Crippen LogP contribution in [0, 0.1) is 11.6 Å². The number of nitrogens with zero attached hydrogens (tertiary/aromatic N) is 1. The molecule has 1 aromatic heterocycles. The molecule has 0 radical (unpaired) electrons. The van der Waals surface area contributed by atoms with Crippen LogP contribution in [0.1, 0.15) is 23.3 Å². The lowest BCUT2D eigenvalue weighted by molar-refractivity contribution is 0.0710. The molecule has 2 N–H and O–H groups in total. The van der Waals surface area contributed by atoms with E-state index in [1.54, 1.807) is 29.2 Å². The number of H-pyrrole nitrogens is 1. The predicted molar refractivity (Wildman–Crippen MR) is 97.2 cm³/mol. The van der Waals surface area contributed by atoms with Crippen molar-refractivity contribution in [3.63, 3.8) is 0 Å². The Balaban J connectivity index is 1.47. The van der Waals surface area contributed by atoms with Crippen LogP contribution in [0.3, 0.4) is 0 Å². The van der Waals surface area contributed by atoms with Gasteiger partial charge in [0, 0.05) is 35.7 Å². The first-order valence-corrected chi connectivity index (χ1v) is 8.68. The van der Waals surface area contributed by atoms with Crippen molar-refractivity contribution < 1.29 is 13.6 Å². The van der Waals surface area contributed by atoms with E-state index in [0.29, 0.717) is 24.2 Å². The van der Waals surface area contributed by atoms with E-state index in [1.807, 2.05) is 0 Å². The number of rotatable bonds is 3. The third kappa shape index (κ3) is 3.40. The Morgan fingerprint density at radius 1 is 1.08 bits per heavy atom. The van der Waals surface area contributed by atoms with Crippen LogP contribution < -0.4 is 5.32 Å². The first kappa shape index (κ1) is 16.6. The summed E-state index contributed by atoms with van der Waals surface area (Å²) in [5, 5.41) is 4.04. The van der Waals surface area contributed by atoms with Crippen molar-refractivity contribution in [2.45, 2.75) is 18.9 Å². The standard InChI is InChI=1S/C20H19F2N3O/c21-14-3-6-16(7-4-14)23-17-2-1-9-25(12-17)20(26)19-11-13-10-15(22)5-8-18(13)24-19/h3-8,10-11,17,23-24H,1-2,9,12H2/t17-/m1/s1. The van der Waals surface area contributed by atoms with Gasteiger partial charge in [-0.25, -0.2) is 8.78 Å². The first-order chi connectivity index (χ1) is 12.6. The molecule has 0 spiro atoms. The van der Waals surface area contributed by atoms with Gasteiger partial charge in [0.05, 0.1) is 0 Å². The first-order valence-electron chi connectivity index (χ1n) is 8.68. The number of benzene rings is 2. The molecule has 3 aromatic rings. The molecule has 1 aliphatic rings. The van der Waals surface area contributed by atoms with E-state index < -0.39 is 0 Å². The molecule has 4 rings (SSSR count). The average molecular weight is 355 g/mol. The summed E-state index contributed by atoms with van der Waals surface area (Å²) in [7, 11) is 0. The molecular weight excluding hydrogens is 336 g/mol. The molecule has 0 saturated carbocycles. The van der Waals surface area contributed by atoms with Gasteiger partial charge in [-0.3, -0.25) is 4.79 Å². The van der Waals surface area contributed by atoms with Crippen LogP contribution in [0.25, 0.3) is 10.9 Å². The van der Waals surface area contributed by atoms with Crippen LogP contribution in [0.5, 0.6) is 0 Å². The van der Waals surface area contributed by atoms with Crippen molar-refractivity contribution in [2.24, 2.45) is 0 Å². The Bertz CT molecular complexity index is 936. The second kappa shape index (κ2) is 6.78. The van der Waals surface area contributed by atoms with E-state index >= 15 is 0 Å². The highest BCUT2D eigenvalue weighted by atomic mass is 19.1. The lowest BCUT2D eigenvalue weighted by Crippen LogP contribution is -2.45. The number of nitrogens with one attached hydrogen (secondary N) is 2. The molecular formula is C20H19F2N3O. The topological polar surface area (TPSA) is 48.1 Å². The molecule has 1 atom stereocenters. The van der Waals surface area contributed by atoms with Crippen LogP contribution in [-0.2, 0) is 0 Å². The maximum Gasteiger partial charge on any atom is 0.270 e.